The van der Waals surface area contributed by atoms with E-state index in [0.29, 0.717) is 23.7 Å². The molecule has 0 radical (unpaired) electrons. The van der Waals surface area contributed by atoms with E-state index in [-0.39, 0.29) is 13.2 Å². The number of halogens is 1. The Labute approximate surface area is 131 Å². The minimum atomic E-state index is -0.0461. The lowest BCUT2D eigenvalue weighted by Gasteiger charge is -2.12. The summed E-state index contributed by atoms with van der Waals surface area (Å²) in [4.78, 5) is 0. The molecule has 0 aromatic heterocycles. The molecule has 5 heteroatoms. The van der Waals surface area contributed by atoms with Gasteiger partial charge in [-0.1, -0.05) is 34.1 Å². The molecule has 2 aromatic rings. The molecule has 0 saturated carbocycles. The topological polar surface area (TPSA) is 62.5 Å². The van der Waals surface area contributed by atoms with Crippen LogP contribution < -0.4 is 9.47 Å². The molecule has 0 saturated heterocycles. The molecular weight excluding hydrogens is 334 g/mol. The van der Waals surface area contributed by atoms with Gasteiger partial charge in [0.25, 0.3) is 0 Å². The monoisotopic (exact) mass is 347 g/mol. The number of aliphatic hydroxyl groups excluding tert-OH is 1. The average Bonchev–Trinajstić information content (AvgIpc) is 2.52. The molecule has 4 nitrogen and oxygen atoms in total. The van der Waals surface area contributed by atoms with Crippen LogP contribution in [-0.2, 0) is 6.61 Å². The van der Waals surface area contributed by atoms with Crippen molar-refractivity contribution in [1.82, 2.24) is 0 Å². The largest absolute Gasteiger partial charge is 0.487 e. The van der Waals surface area contributed by atoms with E-state index >= 15 is 0 Å². The first-order valence-electron chi connectivity index (χ1n) is 6.38. The second-order valence-corrected chi connectivity index (χ2v) is 5.08. The fourth-order valence-corrected chi connectivity index (χ4v) is 2.23. The van der Waals surface area contributed by atoms with Gasteiger partial charge < -0.3 is 14.6 Å². The van der Waals surface area contributed by atoms with Crippen molar-refractivity contribution in [2.24, 2.45) is 0 Å². The molecule has 2 rings (SSSR count). The summed E-state index contributed by atoms with van der Waals surface area (Å²) in [7, 11) is 0. The molecule has 0 spiro atoms. The van der Waals surface area contributed by atoms with Crippen molar-refractivity contribution in [3.8, 4) is 17.6 Å². The Hall–Kier alpha value is -2.03. The van der Waals surface area contributed by atoms with Gasteiger partial charge in [0.2, 0.25) is 0 Å². The highest BCUT2D eigenvalue weighted by molar-refractivity contribution is 9.10. The summed E-state index contributed by atoms with van der Waals surface area (Å²) in [6.45, 7) is 0.530. The van der Waals surface area contributed by atoms with Gasteiger partial charge >= 0.3 is 0 Å². The summed E-state index contributed by atoms with van der Waals surface area (Å²) < 4.78 is 12.0. The Morgan fingerprint density at radius 2 is 1.81 bits per heavy atom. The maximum Gasteiger partial charge on any atom is 0.161 e. The molecule has 2 aromatic carbocycles. The Kier molecular flexibility index (Phi) is 5.61. The van der Waals surface area contributed by atoms with Crippen molar-refractivity contribution in [2.75, 3.05) is 13.2 Å². The van der Waals surface area contributed by atoms with E-state index in [1.54, 1.807) is 18.2 Å². The van der Waals surface area contributed by atoms with Crippen LogP contribution in [0.4, 0.5) is 0 Å². The third-order valence-corrected chi connectivity index (χ3v) is 3.50. The summed E-state index contributed by atoms with van der Waals surface area (Å²) in [6.07, 6.45) is 0. The third kappa shape index (κ3) is 4.22. The Balaban J connectivity index is 2.08. The van der Waals surface area contributed by atoms with Gasteiger partial charge in [-0.05, 0) is 24.3 Å². The van der Waals surface area contributed by atoms with Crippen molar-refractivity contribution < 1.29 is 14.6 Å². The predicted octanol–water partition coefficient (Wildman–Crippen LogP) is 3.27. The van der Waals surface area contributed by atoms with Crippen molar-refractivity contribution in [1.29, 1.82) is 5.26 Å². The second kappa shape index (κ2) is 7.67. The highest BCUT2D eigenvalue weighted by atomic mass is 79.9. The van der Waals surface area contributed by atoms with E-state index in [9.17, 15) is 0 Å². The number of nitriles is 1. The van der Waals surface area contributed by atoms with E-state index in [1.807, 2.05) is 24.3 Å². The first-order valence-corrected chi connectivity index (χ1v) is 7.18. The molecule has 0 aliphatic rings. The van der Waals surface area contributed by atoms with E-state index in [1.165, 1.54) is 0 Å². The molecule has 0 atom stereocenters. The summed E-state index contributed by atoms with van der Waals surface area (Å²) in [5.41, 5.74) is 1.53. The van der Waals surface area contributed by atoms with E-state index in [0.717, 1.165) is 10.0 Å². The van der Waals surface area contributed by atoms with Gasteiger partial charge in [0, 0.05) is 10.0 Å². The standard InChI is InChI=1S/C16H14BrNO3/c17-14-9-12(10-18)5-6-13(14)11-21-16-4-2-1-3-15(16)20-8-7-19/h1-6,9,19H,7-8,11H2. The lowest BCUT2D eigenvalue weighted by atomic mass is 10.1. The fourth-order valence-electron chi connectivity index (χ4n) is 1.73. The molecule has 21 heavy (non-hydrogen) atoms. The van der Waals surface area contributed by atoms with Gasteiger partial charge in [0.05, 0.1) is 18.2 Å². The summed E-state index contributed by atoms with van der Waals surface area (Å²) in [6, 6.07) is 14.7. The first-order chi connectivity index (χ1) is 10.2. The van der Waals surface area contributed by atoms with Crippen LogP contribution in [0.5, 0.6) is 11.5 Å². The lowest BCUT2D eigenvalue weighted by molar-refractivity contribution is 0.192. The number of hydrogen-bond acceptors (Lipinski definition) is 4. The van der Waals surface area contributed by atoms with Crippen LogP contribution in [0.25, 0.3) is 0 Å². The van der Waals surface area contributed by atoms with E-state index in [4.69, 9.17) is 19.8 Å². The maximum absolute atomic E-state index is 8.84. The van der Waals surface area contributed by atoms with Crippen LogP contribution in [0.1, 0.15) is 11.1 Å². The minimum absolute atomic E-state index is 0.0461. The number of aliphatic hydroxyl groups is 1. The average molecular weight is 348 g/mol. The van der Waals surface area contributed by atoms with Gasteiger partial charge in [-0.15, -0.1) is 0 Å². The Bertz CT molecular complexity index is 652. The van der Waals surface area contributed by atoms with Gasteiger partial charge in [-0.3, -0.25) is 0 Å². The van der Waals surface area contributed by atoms with Crippen molar-refractivity contribution in [3.63, 3.8) is 0 Å². The quantitative estimate of drug-likeness (QED) is 0.870. The van der Waals surface area contributed by atoms with E-state index < -0.39 is 0 Å². The highest BCUT2D eigenvalue weighted by Crippen LogP contribution is 2.28. The van der Waals surface area contributed by atoms with Crippen molar-refractivity contribution in [2.45, 2.75) is 6.61 Å². The van der Waals surface area contributed by atoms with Gasteiger partial charge in [-0.25, -0.2) is 0 Å². The SMILES string of the molecule is N#Cc1ccc(COc2ccccc2OCCO)c(Br)c1. The molecule has 0 amide bonds. The highest BCUT2D eigenvalue weighted by Gasteiger charge is 2.07. The molecule has 0 aliphatic heterocycles. The van der Waals surface area contributed by atoms with Crippen LogP contribution >= 0.6 is 15.9 Å². The van der Waals surface area contributed by atoms with Crippen LogP contribution in [0, 0.1) is 11.3 Å². The van der Waals surface area contributed by atoms with Crippen LogP contribution in [0.15, 0.2) is 46.9 Å². The molecule has 0 heterocycles. The van der Waals surface area contributed by atoms with Crippen molar-refractivity contribution in [3.05, 3.63) is 58.1 Å². The fraction of sp³-hybridized carbons (Fsp3) is 0.188. The summed E-state index contributed by atoms with van der Waals surface area (Å²) >= 11 is 3.43. The summed E-state index contributed by atoms with van der Waals surface area (Å²) in [5.74, 6) is 1.21. The zero-order valence-electron chi connectivity index (χ0n) is 11.3. The normalized spacial score (nSPS) is 9.95. The van der Waals surface area contributed by atoms with Gasteiger partial charge in [0.15, 0.2) is 11.5 Å². The van der Waals surface area contributed by atoms with Crippen LogP contribution in [0.3, 0.4) is 0 Å². The zero-order chi connectivity index (χ0) is 15.1. The van der Waals surface area contributed by atoms with Gasteiger partial charge in [0.1, 0.15) is 13.2 Å². The number of ether oxygens (including phenoxy) is 2. The molecule has 0 fully saturated rings. The number of benzene rings is 2. The molecule has 108 valence electrons. The first kappa shape index (κ1) is 15.4. The number of para-hydroxylation sites is 2. The van der Waals surface area contributed by atoms with Crippen LogP contribution in [-0.4, -0.2) is 18.3 Å². The molecule has 1 N–H and O–H groups in total. The molecule has 0 unspecified atom stereocenters. The Morgan fingerprint density at radius 1 is 1.10 bits per heavy atom. The number of hydrogen-bond donors (Lipinski definition) is 1. The molecule has 0 bridgehead atoms. The number of rotatable bonds is 6. The maximum atomic E-state index is 8.84. The van der Waals surface area contributed by atoms with E-state index in [2.05, 4.69) is 22.0 Å². The predicted molar refractivity (Wildman–Crippen MR) is 82.2 cm³/mol. The molecular formula is C16H14BrNO3. The van der Waals surface area contributed by atoms with Crippen molar-refractivity contribution >= 4 is 15.9 Å². The second-order valence-electron chi connectivity index (χ2n) is 4.23. The van der Waals surface area contributed by atoms with Gasteiger partial charge in [-0.2, -0.15) is 5.26 Å². The minimum Gasteiger partial charge on any atom is -0.487 e. The summed E-state index contributed by atoms with van der Waals surface area (Å²) in [5, 5.41) is 17.7. The lowest BCUT2D eigenvalue weighted by Crippen LogP contribution is -2.04. The zero-order valence-corrected chi connectivity index (χ0v) is 12.8. The molecule has 0 aliphatic carbocycles. The smallest absolute Gasteiger partial charge is 0.161 e. The third-order valence-electron chi connectivity index (χ3n) is 2.76. The van der Waals surface area contributed by atoms with Crippen LogP contribution in [0.2, 0.25) is 0 Å². The Morgan fingerprint density at radius 3 is 2.43 bits per heavy atom. The number of nitrogens with zero attached hydrogens (tertiary/aromatic N) is 1.